The zero-order valence-electron chi connectivity index (χ0n) is 12.7. The van der Waals surface area contributed by atoms with Crippen molar-refractivity contribution in [2.24, 2.45) is 0 Å². The van der Waals surface area contributed by atoms with E-state index in [0.29, 0.717) is 25.2 Å². The maximum absolute atomic E-state index is 12.7. The summed E-state index contributed by atoms with van der Waals surface area (Å²) in [6, 6.07) is 3.60. The Morgan fingerprint density at radius 2 is 2.32 bits per heavy atom. The summed E-state index contributed by atoms with van der Waals surface area (Å²) in [5.74, 6) is 0.635. The number of rotatable bonds is 4. The summed E-state index contributed by atoms with van der Waals surface area (Å²) < 4.78 is 10.5. The number of hydrogen-bond acceptors (Lipinski definition) is 4. The van der Waals surface area contributed by atoms with Gasteiger partial charge in [-0.15, -0.1) is 0 Å². The SMILES string of the molecule is O=C(C1=COCC1)N1CCCCC[C@@H]1C[C@@H](O)c1ccco1. The number of furan rings is 1. The third kappa shape index (κ3) is 3.35. The first-order chi connectivity index (χ1) is 10.8. The fourth-order valence-electron chi connectivity index (χ4n) is 3.27. The topological polar surface area (TPSA) is 62.9 Å². The third-order valence-corrected chi connectivity index (χ3v) is 4.49. The van der Waals surface area contributed by atoms with Gasteiger partial charge in [0.05, 0.1) is 24.7 Å². The van der Waals surface area contributed by atoms with Gasteiger partial charge in [-0.1, -0.05) is 12.8 Å². The van der Waals surface area contributed by atoms with Crippen LogP contribution in [0.1, 0.15) is 50.4 Å². The first kappa shape index (κ1) is 15.2. The van der Waals surface area contributed by atoms with Crippen molar-refractivity contribution in [3.05, 3.63) is 36.0 Å². The normalized spacial score (nSPS) is 23.6. The van der Waals surface area contributed by atoms with Crippen LogP contribution in [0.4, 0.5) is 0 Å². The van der Waals surface area contributed by atoms with Crippen molar-refractivity contribution in [3.8, 4) is 0 Å². The molecule has 1 aromatic rings. The largest absolute Gasteiger partial charge is 0.500 e. The molecule has 0 aromatic carbocycles. The molecule has 3 heterocycles. The van der Waals surface area contributed by atoms with Crippen LogP contribution in [-0.2, 0) is 9.53 Å². The van der Waals surface area contributed by atoms with Gasteiger partial charge in [-0.05, 0) is 25.0 Å². The van der Waals surface area contributed by atoms with Gasteiger partial charge in [0.2, 0.25) is 0 Å². The highest BCUT2D eigenvalue weighted by Crippen LogP contribution is 2.28. The van der Waals surface area contributed by atoms with Crippen LogP contribution in [0.15, 0.2) is 34.6 Å². The van der Waals surface area contributed by atoms with E-state index >= 15 is 0 Å². The molecule has 0 aliphatic carbocycles. The molecule has 2 atom stereocenters. The van der Waals surface area contributed by atoms with E-state index in [-0.39, 0.29) is 11.9 Å². The lowest BCUT2D eigenvalue weighted by atomic mass is 10.0. The smallest absolute Gasteiger partial charge is 0.253 e. The Bertz CT molecular complexity index is 523. The van der Waals surface area contributed by atoms with Gasteiger partial charge < -0.3 is 19.2 Å². The number of carbonyl (C=O) groups is 1. The number of amides is 1. The number of likely N-dealkylation sites (tertiary alicyclic amines) is 1. The molecule has 22 heavy (non-hydrogen) atoms. The Hall–Kier alpha value is -1.75. The molecular weight excluding hydrogens is 282 g/mol. The van der Waals surface area contributed by atoms with E-state index in [4.69, 9.17) is 9.15 Å². The van der Waals surface area contributed by atoms with Gasteiger partial charge in [-0.3, -0.25) is 4.79 Å². The second-order valence-corrected chi connectivity index (χ2v) is 6.03. The van der Waals surface area contributed by atoms with Crippen LogP contribution < -0.4 is 0 Å². The van der Waals surface area contributed by atoms with Gasteiger partial charge in [0, 0.05) is 25.4 Å². The van der Waals surface area contributed by atoms with Crippen molar-refractivity contribution in [1.82, 2.24) is 4.90 Å². The number of nitrogens with zero attached hydrogens (tertiary/aromatic N) is 1. The summed E-state index contributed by atoms with van der Waals surface area (Å²) in [4.78, 5) is 14.6. The van der Waals surface area contributed by atoms with Gasteiger partial charge >= 0.3 is 0 Å². The highest BCUT2D eigenvalue weighted by atomic mass is 16.5. The number of carbonyl (C=O) groups excluding carboxylic acids is 1. The number of aliphatic hydroxyl groups excluding tert-OH is 1. The molecule has 3 rings (SSSR count). The summed E-state index contributed by atoms with van der Waals surface area (Å²) in [6.45, 7) is 1.35. The second kappa shape index (κ2) is 7.01. The average Bonchev–Trinajstić information content (AvgIpc) is 3.18. The van der Waals surface area contributed by atoms with Crippen LogP contribution in [0.3, 0.4) is 0 Å². The molecule has 5 nitrogen and oxygen atoms in total. The van der Waals surface area contributed by atoms with Crippen molar-refractivity contribution < 1.29 is 19.1 Å². The van der Waals surface area contributed by atoms with Gasteiger partial charge in [0.25, 0.3) is 5.91 Å². The number of aliphatic hydroxyl groups is 1. The molecule has 1 fully saturated rings. The monoisotopic (exact) mass is 305 g/mol. The van der Waals surface area contributed by atoms with Crippen LogP contribution in [0.5, 0.6) is 0 Å². The molecule has 5 heteroatoms. The van der Waals surface area contributed by atoms with Gasteiger partial charge in [0.1, 0.15) is 11.9 Å². The molecule has 1 saturated heterocycles. The van der Waals surface area contributed by atoms with Gasteiger partial charge in [0.15, 0.2) is 0 Å². The molecule has 1 amide bonds. The highest BCUT2D eigenvalue weighted by molar-refractivity contribution is 5.93. The fourth-order valence-corrected chi connectivity index (χ4v) is 3.27. The maximum atomic E-state index is 12.7. The van der Waals surface area contributed by atoms with Crippen molar-refractivity contribution in [2.75, 3.05) is 13.2 Å². The lowest BCUT2D eigenvalue weighted by molar-refractivity contribution is -0.130. The van der Waals surface area contributed by atoms with Crippen LogP contribution in [0.25, 0.3) is 0 Å². The van der Waals surface area contributed by atoms with E-state index in [9.17, 15) is 9.90 Å². The Morgan fingerprint density at radius 1 is 1.41 bits per heavy atom. The summed E-state index contributed by atoms with van der Waals surface area (Å²) in [5, 5.41) is 10.3. The summed E-state index contributed by atoms with van der Waals surface area (Å²) in [6.07, 6.45) is 7.87. The third-order valence-electron chi connectivity index (χ3n) is 4.49. The average molecular weight is 305 g/mol. The van der Waals surface area contributed by atoms with E-state index in [0.717, 1.165) is 37.8 Å². The van der Waals surface area contributed by atoms with Crippen LogP contribution in [-0.4, -0.2) is 35.1 Å². The summed E-state index contributed by atoms with van der Waals surface area (Å²) in [7, 11) is 0. The summed E-state index contributed by atoms with van der Waals surface area (Å²) >= 11 is 0. The Balaban J connectivity index is 1.71. The Kier molecular flexibility index (Phi) is 4.83. The fraction of sp³-hybridized carbons (Fsp3) is 0.588. The first-order valence-corrected chi connectivity index (χ1v) is 8.09. The lowest BCUT2D eigenvalue weighted by Crippen LogP contribution is -2.41. The molecule has 0 spiro atoms. The standard InChI is InChI=1S/C17H23NO4/c19-15(16-6-4-9-22-16)11-14-5-2-1-3-8-18(14)17(20)13-7-10-21-12-13/h4,6,9,12,14-15,19H,1-3,5,7-8,10-11H2/t14-,15-/m1/s1. The molecule has 0 bridgehead atoms. The molecule has 2 aliphatic heterocycles. The molecule has 1 N–H and O–H groups in total. The minimum atomic E-state index is -0.665. The molecular formula is C17H23NO4. The zero-order valence-corrected chi connectivity index (χ0v) is 12.7. The van der Waals surface area contributed by atoms with Crippen molar-refractivity contribution in [3.63, 3.8) is 0 Å². The summed E-state index contributed by atoms with van der Waals surface area (Å²) in [5.41, 5.74) is 0.749. The predicted octanol–water partition coefficient (Wildman–Crippen LogP) is 2.78. The molecule has 1 aromatic heterocycles. The van der Waals surface area contributed by atoms with Crippen LogP contribution in [0.2, 0.25) is 0 Å². The van der Waals surface area contributed by atoms with E-state index in [1.807, 2.05) is 4.90 Å². The Labute approximate surface area is 130 Å². The lowest BCUT2D eigenvalue weighted by Gasteiger charge is -2.31. The highest BCUT2D eigenvalue weighted by Gasteiger charge is 2.31. The van der Waals surface area contributed by atoms with Crippen LogP contribution >= 0.6 is 0 Å². The predicted molar refractivity (Wildman–Crippen MR) is 80.9 cm³/mol. The minimum Gasteiger partial charge on any atom is -0.500 e. The number of hydrogen-bond donors (Lipinski definition) is 1. The van der Waals surface area contributed by atoms with E-state index in [2.05, 4.69) is 0 Å². The second-order valence-electron chi connectivity index (χ2n) is 6.03. The molecule has 120 valence electrons. The van der Waals surface area contributed by atoms with Gasteiger partial charge in [-0.2, -0.15) is 0 Å². The number of ether oxygens (including phenoxy) is 1. The van der Waals surface area contributed by atoms with Gasteiger partial charge in [-0.25, -0.2) is 0 Å². The maximum Gasteiger partial charge on any atom is 0.253 e. The molecule has 0 radical (unpaired) electrons. The van der Waals surface area contributed by atoms with Crippen molar-refractivity contribution in [1.29, 1.82) is 0 Å². The zero-order chi connectivity index (χ0) is 15.4. The molecule has 0 unspecified atom stereocenters. The van der Waals surface area contributed by atoms with Crippen LogP contribution in [0, 0.1) is 0 Å². The first-order valence-electron chi connectivity index (χ1n) is 8.09. The van der Waals surface area contributed by atoms with Crippen molar-refractivity contribution >= 4 is 5.91 Å². The quantitative estimate of drug-likeness (QED) is 0.929. The Morgan fingerprint density at radius 3 is 3.05 bits per heavy atom. The molecule has 2 aliphatic rings. The minimum absolute atomic E-state index is 0.0524. The van der Waals surface area contributed by atoms with E-state index in [1.165, 1.54) is 0 Å². The molecule has 0 saturated carbocycles. The van der Waals surface area contributed by atoms with E-state index < -0.39 is 6.10 Å². The van der Waals surface area contributed by atoms with E-state index in [1.54, 1.807) is 24.7 Å². The van der Waals surface area contributed by atoms with Crippen molar-refractivity contribution in [2.45, 2.75) is 50.7 Å².